The molecule has 2 aromatic rings. The zero-order valence-electron chi connectivity index (χ0n) is 17.0. The van der Waals surface area contributed by atoms with Crippen LogP contribution in [0.1, 0.15) is 37.1 Å². The van der Waals surface area contributed by atoms with Crippen molar-refractivity contribution < 1.29 is 17.9 Å². The summed E-state index contributed by atoms with van der Waals surface area (Å²) in [6.07, 6.45) is 4.64. The van der Waals surface area contributed by atoms with E-state index >= 15 is 0 Å². The van der Waals surface area contributed by atoms with Gasteiger partial charge in [0, 0.05) is 25.3 Å². The molecule has 0 radical (unpaired) electrons. The highest BCUT2D eigenvalue weighted by Gasteiger charge is 2.47. The molecule has 3 aliphatic heterocycles. The van der Waals surface area contributed by atoms with Gasteiger partial charge in [0.1, 0.15) is 6.33 Å². The normalized spacial score (nSPS) is 26.8. The maximum atomic E-state index is 13.2. The Morgan fingerprint density at radius 2 is 2.00 bits per heavy atom. The molecule has 30 heavy (non-hydrogen) atoms. The van der Waals surface area contributed by atoms with Crippen molar-refractivity contribution in [3.05, 3.63) is 48.0 Å². The minimum atomic E-state index is -3.32. The average molecular weight is 431 g/mol. The van der Waals surface area contributed by atoms with Crippen LogP contribution in [0.3, 0.4) is 0 Å². The summed E-state index contributed by atoms with van der Waals surface area (Å²) in [5, 5.41) is -0.312. The van der Waals surface area contributed by atoms with E-state index in [0.29, 0.717) is 19.5 Å². The predicted octanol–water partition coefficient (Wildman–Crippen LogP) is 2.19. The Labute approximate surface area is 176 Å². The third-order valence-corrected chi connectivity index (χ3v) is 8.99. The Morgan fingerprint density at radius 3 is 2.83 bits per heavy atom. The summed E-state index contributed by atoms with van der Waals surface area (Å²) in [7, 11) is -3.32. The molecule has 0 spiro atoms. The lowest BCUT2D eigenvalue weighted by molar-refractivity contribution is 0.173. The van der Waals surface area contributed by atoms with Crippen LogP contribution in [0.25, 0.3) is 0 Å². The van der Waals surface area contributed by atoms with Gasteiger partial charge in [0.25, 0.3) is 0 Å². The number of benzene rings is 1. The van der Waals surface area contributed by atoms with Crippen molar-refractivity contribution in [1.29, 1.82) is 0 Å². The molecule has 160 valence electrons. The molecule has 3 aliphatic rings. The fraction of sp³-hybridized carbons (Fsp3) is 0.524. The largest absolute Gasteiger partial charge is 0.454 e. The monoisotopic (exact) mass is 430 g/mol. The summed E-state index contributed by atoms with van der Waals surface area (Å²) in [5.74, 6) is 1.73. The topological polar surface area (TPSA) is 84.9 Å². The van der Waals surface area contributed by atoms with E-state index in [1.165, 1.54) is 11.9 Å². The van der Waals surface area contributed by atoms with Crippen molar-refractivity contribution in [3.8, 4) is 11.5 Å². The standard InChI is InChI=1S/C21H26N4O4S/c1-15(16-2-3-19-20(10-16)29-14-28-19)24-8-5-17-11-25(12-18-4-7-22-13-23-18)30(26,27)21(17)6-9-24/h2-4,7,10,13,15,17,21H,5-6,8-9,11-12,14H2,1H3. The van der Waals surface area contributed by atoms with Crippen molar-refractivity contribution in [2.45, 2.75) is 37.6 Å². The number of aromatic nitrogens is 2. The predicted molar refractivity (Wildman–Crippen MR) is 110 cm³/mol. The van der Waals surface area contributed by atoms with Gasteiger partial charge in [-0.3, -0.25) is 4.90 Å². The lowest BCUT2D eigenvalue weighted by Crippen LogP contribution is -2.33. The number of fused-ring (bicyclic) bond motifs is 2. The third kappa shape index (κ3) is 3.55. The van der Waals surface area contributed by atoms with Gasteiger partial charge in [-0.25, -0.2) is 18.4 Å². The first-order valence-corrected chi connectivity index (χ1v) is 11.9. The molecule has 0 aliphatic carbocycles. The van der Waals surface area contributed by atoms with Gasteiger partial charge in [-0.2, -0.15) is 4.31 Å². The van der Waals surface area contributed by atoms with Gasteiger partial charge in [0.2, 0.25) is 16.8 Å². The SMILES string of the molecule is CC(c1ccc2c(c1)OCO2)N1CCC2CN(Cc3ccncn3)S(=O)(=O)C2CC1. The molecule has 1 aromatic heterocycles. The molecule has 2 fully saturated rings. The van der Waals surface area contributed by atoms with Gasteiger partial charge >= 0.3 is 0 Å². The number of likely N-dealkylation sites (tertiary alicyclic amines) is 1. The third-order valence-electron chi connectivity index (χ3n) is 6.60. The molecule has 3 unspecified atom stereocenters. The van der Waals surface area contributed by atoms with Crippen molar-refractivity contribution >= 4 is 10.0 Å². The van der Waals surface area contributed by atoms with Crippen LogP contribution in [0.4, 0.5) is 0 Å². The maximum Gasteiger partial charge on any atom is 0.231 e. The lowest BCUT2D eigenvalue weighted by atomic mass is 10.0. The van der Waals surface area contributed by atoms with E-state index in [-0.39, 0.29) is 24.0 Å². The first-order chi connectivity index (χ1) is 14.5. The highest BCUT2D eigenvalue weighted by molar-refractivity contribution is 7.90. The summed E-state index contributed by atoms with van der Waals surface area (Å²) >= 11 is 0. The number of hydrogen-bond donors (Lipinski definition) is 0. The molecule has 0 saturated carbocycles. The second kappa shape index (κ2) is 7.79. The van der Waals surface area contributed by atoms with Gasteiger partial charge in [-0.05, 0) is 56.0 Å². The Balaban J connectivity index is 1.28. The van der Waals surface area contributed by atoms with Gasteiger partial charge < -0.3 is 9.47 Å². The number of ether oxygens (including phenoxy) is 2. The van der Waals surface area contributed by atoms with Gasteiger partial charge in [-0.15, -0.1) is 0 Å². The molecule has 4 heterocycles. The van der Waals surface area contributed by atoms with E-state index in [1.807, 2.05) is 12.1 Å². The second-order valence-electron chi connectivity index (χ2n) is 8.24. The first-order valence-electron chi connectivity index (χ1n) is 10.4. The lowest BCUT2D eigenvalue weighted by Gasteiger charge is -2.28. The van der Waals surface area contributed by atoms with Crippen LogP contribution < -0.4 is 9.47 Å². The zero-order chi connectivity index (χ0) is 20.7. The second-order valence-corrected chi connectivity index (χ2v) is 10.4. The van der Waals surface area contributed by atoms with E-state index < -0.39 is 10.0 Å². The minimum Gasteiger partial charge on any atom is -0.454 e. The van der Waals surface area contributed by atoms with Crippen molar-refractivity contribution in [3.63, 3.8) is 0 Å². The maximum absolute atomic E-state index is 13.2. The van der Waals surface area contributed by atoms with E-state index in [1.54, 1.807) is 16.6 Å². The minimum absolute atomic E-state index is 0.158. The smallest absolute Gasteiger partial charge is 0.231 e. The summed E-state index contributed by atoms with van der Waals surface area (Å²) in [6.45, 7) is 4.99. The van der Waals surface area contributed by atoms with Crippen molar-refractivity contribution in [2.75, 3.05) is 26.4 Å². The molecule has 0 N–H and O–H groups in total. The van der Waals surface area contributed by atoms with Gasteiger partial charge in [0.15, 0.2) is 11.5 Å². The van der Waals surface area contributed by atoms with Crippen LogP contribution in [-0.2, 0) is 16.6 Å². The summed E-state index contributed by atoms with van der Waals surface area (Å²) in [4.78, 5) is 10.5. The summed E-state index contributed by atoms with van der Waals surface area (Å²) < 4.78 is 38.9. The van der Waals surface area contributed by atoms with Crippen LogP contribution in [-0.4, -0.2) is 59.3 Å². The van der Waals surface area contributed by atoms with Crippen LogP contribution in [0.15, 0.2) is 36.8 Å². The fourth-order valence-electron chi connectivity index (χ4n) is 4.83. The van der Waals surface area contributed by atoms with E-state index in [2.05, 4.69) is 27.9 Å². The number of hydrogen-bond acceptors (Lipinski definition) is 7. The summed E-state index contributed by atoms with van der Waals surface area (Å²) in [6, 6.07) is 8.04. The van der Waals surface area contributed by atoms with Crippen LogP contribution in [0.5, 0.6) is 11.5 Å². The Morgan fingerprint density at radius 1 is 1.17 bits per heavy atom. The molecular weight excluding hydrogens is 404 g/mol. The average Bonchev–Trinajstić information content (AvgIpc) is 3.22. The molecule has 0 bridgehead atoms. The van der Waals surface area contributed by atoms with Crippen LogP contribution in [0.2, 0.25) is 0 Å². The molecule has 0 amide bonds. The number of nitrogens with zero attached hydrogens (tertiary/aromatic N) is 4. The highest BCUT2D eigenvalue weighted by Crippen LogP contribution is 2.39. The number of sulfonamides is 1. The van der Waals surface area contributed by atoms with Gasteiger partial charge in [-0.1, -0.05) is 6.07 Å². The van der Waals surface area contributed by atoms with Crippen LogP contribution >= 0.6 is 0 Å². The molecule has 8 nitrogen and oxygen atoms in total. The van der Waals surface area contributed by atoms with E-state index in [4.69, 9.17) is 9.47 Å². The molecule has 1 aromatic carbocycles. The molecule has 9 heteroatoms. The van der Waals surface area contributed by atoms with Crippen LogP contribution in [0, 0.1) is 5.92 Å². The molecule has 5 rings (SSSR count). The molecular formula is C21H26N4O4S. The fourth-order valence-corrected chi connectivity index (χ4v) is 7.04. The first kappa shape index (κ1) is 19.7. The Hall–Kier alpha value is -2.23. The Bertz CT molecular complexity index is 1020. The van der Waals surface area contributed by atoms with Crippen molar-refractivity contribution in [2.24, 2.45) is 5.92 Å². The zero-order valence-corrected chi connectivity index (χ0v) is 17.8. The van der Waals surface area contributed by atoms with Gasteiger partial charge in [0.05, 0.1) is 17.5 Å². The highest BCUT2D eigenvalue weighted by atomic mass is 32.2. The van der Waals surface area contributed by atoms with E-state index in [0.717, 1.165) is 36.7 Å². The Kier molecular flexibility index (Phi) is 5.12. The quantitative estimate of drug-likeness (QED) is 0.735. The number of rotatable bonds is 4. The van der Waals surface area contributed by atoms with E-state index in [9.17, 15) is 8.42 Å². The molecule has 3 atom stereocenters. The molecule has 2 saturated heterocycles. The summed E-state index contributed by atoms with van der Waals surface area (Å²) in [5.41, 5.74) is 1.91. The van der Waals surface area contributed by atoms with Crippen molar-refractivity contribution in [1.82, 2.24) is 19.2 Å².